The Morgan fingerprint density at radius 1 is 1.48 bits per heavy atom. The Kier molecular flexibility index (Phi) is 5.04. The third-order valence-corrected chi connectivity index (χ3v) is 3.57. The van der Waals surface area contributed by atoms with E-state index in [1.807, 2.05) is 4.90 Å². The van der Waals surface area contributed by atoms with E-state index in [-0.39, 0.29) is 19.1 Å². The van der Waals surface area contributed by atoms with Gasteiger partial charge >= 0.3 is 6.18 Å². The van der Waals surface area contributed by atoms with E-state index in [9.17, 15) is 13.2 Å². The molecule has 6 nitrogen and oxygen atoms in total. The van der Waals surface area contributed by atoms with Crippen molar-refractivity contribution in [2.75, 3.05) is 31.2 Å². The van der Waals surface area contributed by atoms with Crippen LogP contribution in [0.1, 0.15) is 19.2 Å². The van der Waals surface area contributed by atoms with Crippen LogP contribution < -0.4 is 10.6 Å². The summed E-state index contributed by atoms with van der Waals surface area (Å²) in [4.78, 5) is 6.26. The highest BCUT2D eigenvalue weighted by molar-refractivity contribution is 5.30. The first-order chi connectivity index (χ1) is 9.85. The minimum absolute atomic E-state index is 0.0509. The molecule has 1 aromatic heterocycles. The molecule has 120 valence electrons. The Hall–Kier alpha value is -1.35. The summed E-state index contributed by atoms with van der Waals surface area (Å²) >= 11 is 0. The maximum absolute atomic E-state index is 11.9. The zero-order chi connectivity index (χ0) is 15.5. The average molecular weight is 307 g/mol. The van der Waals surface area contributed by atoms with E-state index < -0.39 is 12.8 Å². The Morgan fingerprint density at radius 3 is 2.90 bits per heavy atom. The van der Waals surface area contributed by atoms with Crippen LogP contribution in [0.15, 0.2) is 0 Å². The molecular formula is C12H20F3N5O. The molecule has 2 unspecified atom stereocenters. The second kappa shape index (κ2) is 6.61. The third kappa shape index (κ3) is 4.85. The minimum Gasteiger partial charge on any atom is -0.372 e. The molecular weight excluding hydrogens is 287 g/mol. The van der Waals surface area contributed by atoms with Crippen molar-refractivity contribution in [2.24, 2.45) is 11.7 Å². The first-order valence-corrected chi connectivity index (χ1v) is 6.91. The summed E-state index contributed by atoms with van der Waals surface area (Å²) in [6, 6.07) is 0.0795. The predicted molar refractivity (Wildman–Crippen MR) is 70.9 cm³/mol. The van der Waals surface area contributed by atoms with Gasteiger partial charge in [-0.1, -0.05) is 6.92 Å². The van der Waals surface area contributed by atoms with E-state index in [2.05, 4.69) is 26.8 Å². The van der Waals surface area contributed by atoms with Crippen molar-refractivity contribution in [3.05, 3.63) is 5.82 Å². The number of nitrogens with two attached hydrogens (primary N) is 1. The molecule has 9 heteroatoms. The summed E-state index contributed by atoms with van der Waals surface area (Å²) in [5.41, 5.74) is 6.02. The van der Waals surface area contributed by atoms with Gasteiger partial charge in [0, 0.05) is 25.6 Å². The number of anilines is 1. The van der Waals surface area contributed by atoms with Crippen molar-refractivity contribution in [2.45, 2.75) is 32.0 Å². The molecule has 1 aliphatic rings. The van der Waals surface area contributed by atoms with Crippen LogP contribution in [0.4, 0.5) is 19.1 Å². The molecule has 0 amide bonds. The number of nitrogens with one attached hydrogen (secondary N) is 1. The van der Waals surface area contributed by atoms with Crippen LogP contribution in [0.5, 0.6) is 0 Å². The zero-order valence-corrected chi connectivity index (χ0v) is 11.9. The highest BCUT2D eigenvalue weighted by Crippen LogP contribution is 2.19. The van der Waals surface area contributed by atoms with Crippen molar-refractivity contribution >= 4 is 5.95 Å². The first-order valence-electron chi connectivity index (χ1n) is 6.91. The summed E-state index contributed by atoms with van der Waals surface area (Å²) < 4.78 is 40.3. The van der Waals surface area contributed by atoms with E-state index in [0.29, 0.717) is 24.2 Å². The number of H-pyrrole nitrogens is 1. The monoisotopic (exact) mass is 307 g/mol. The fraction of sp³-hybridized carbons (Fsp3) is 0.833. The van der Waals surface area contributed by atoms with Gasteiger partial charge in [-0.2, -0.15) is 18.2 Å². The van der Waals surface area contributed by atoms with Crippen molar-refractivity contribution in [3.8, 4) is 0 Å². The summed E-state index contributed by atoms with van der Waals surface area (Å²) in [5, 5.41) is 6.81. The number of alkyl halides is 3. The van der Waals surface area contributed by atoms with Crippen LogP contribution >= 0.6 is 0 Å². The quantitative estimate of drug-likeness (QED) is 0.796. The number of aromatic amines is 1. The van der Waals surface area contributed by atoms with Gasteiger partial charge in [0.15, 0.2) is 0 Å². The molecule has 0 saturated carbocycles. The lowest BCUT2D eigenvalue weighted by atomic mass is 9.95. The van der Waals surface area contributed by atoms with Gasteiger partial charge in [-0.3, -0.25) is 5.10 Å². The molecule has 3 N–H and O–H groups in total. The maximum atomic E-state index is 11.9. The summed E-state index contributed by atoms with van der Waals surface area (Å²) in [6.45, 7) is 2.33. The van der Waals surface area contributed by atoms with Crippen LogP contribution in [0, 0.1) is 5.92 Å². The maximum Gasteiger partial charge on any atom is 0.411 e. The molecule has 1 fully saturated rings. The topological polar surface area (TPSA) is 80.1 Å². The third-order valence-electron chi connectivity index (χ3n) is 3.57. The van der Waals surface area contributed by atoms with Gasteiger partial charge in [0.2, 0.25) is 5.95 Å². The largest absolute Gasteiger partial charge is 0.411 e. The van der Waals surface area contributed by atoms with Gasteiger partial charge in [-0.25, -0.2) is 0 Å². The molecule has 0 radical (unpaired) electrons. The fourth-order valence-electron chi connectivity index (χ4n) is 2.18. The molecule has 0 bridgehead atoms. The van der Waals surface area contributed by atoms with E-state index in [1.165, 1.54) is 0 Å². The van der Waals surface area contributed by atoms with Gasteiger partial charge in [0.05, 0.1) is 6.61 Å². The lowest BCUT2D eigenvalue weighted by molar-refractivity contribution is -0.173. The van der Waals surface area contributed by atoms with Crippen LogP contribution in [0.3, 0.4) is 0 Å². The van der Waals surface area contributed by atoms with Crippen LogP contribution in [-0.2, 0) is 11.2 Å². The molecule has 0 spiro atoms. The minimum atomic E-state index is -4.30. The summed E-state index contributed by atoms with van der Waals surface area (Å²) in [5.74, 6) is 1.53. The number of hydrogen-bond donors (Lipinski definition) is 2. The number of aromatic nitrogens is 3. The molecule has 0 aromatic carbocycles. The van der Waals surface area contributed by atoms with Crippen molar-refractivity contribution < 1.29 is 17.9 Å². The summed E-state index contributed by atoms with van der Waals surface area (Å²) in [6.07, 6.45) is -3.06. The van der Waals surface area contributed by atoms with E-state index in [0.717, 1.165) is 13.0 Å². The van der Waals surface area contributed by atoms with E-state index in [1.54, 1.807) is 0 Å². The number of halogens is 3. The predicted octanol–water partition coefficient (Wildman–Crippen LogP) is 1.10. The van der Waals surface area contributed by atoms with Crippen LogP contribution in [0.25, 0.3) is 0 Å². The fourth-order valence-corrected chi connectivity index (χ4v) is 2.18. The molecule has 2 heterocycles. The number of hydrogen-bond acceptors (Lipinski definition) is 5. The molecule has 1 saturated heterocycles. The smallest absolute Gasteiger partial charge is 0.372 e. The van der Waals surface area contributed by atoms with E-state index >= 15 is 0 Å². The lowest BCUT2D eigenvalue weighted by Crippen LogP contribution is -2.48. The molecule has 1 aromatic rings. The molecule has 1 aliphatic heterocycles. The van der Waals surface area contributed by atoms with Crippen LogP contribution in [-0.4, -0.2) is 53.7 Å². The SMILES string of the molecule is CC1CCN(c2n[nH]c(CCOCC(F)(F)F)n2)CC1N. The first kappa shape index (κ1) is 16.0. The second-order valence-electron chi connectivity index (χ2n) is 5.38. The Labute approximate surface area is 120 Å². The number of ether oxygens (including phenoxy) is 1. The van der Waals surface area contributed by atoms with Gasteiger partial charge in [0.1, 0.15) is 12.4 Å². The van der Waals surface area contributed by atoms with Crippen LogP contribution in [0.2, 0.25) is 0 Å². The Morgan fingerprint density at radius 2 is 2.24 bits per heavy atom. The molecule has 2 atom stereocenters. The highest BCUT2D eigenvalue weighted by atomic mass is 19.4. The standard InChI is InChI=1S/C12H20F3N5O/c1-8-2-4-20(6-9(8)16)11-17-10(18-19-11)3-5-21-7-12(13,14)15/h8-9H,2-7,16H2,1H3,(H,17,18,19). The summed E-state index contributed by atoms with van der Waals surface area (Å²) in [7, 11) is 0. The van der Waals surface area contributed by atoms with Gasteiger partial charge in [-0.15, -0.1) is 5.10 Å². The number of rotatable bonds is 5. The normalized spacial score (nSPS) is 23.6. The van der Waals surface area contributed by atoms with Gasteiger partial charge in [0.25, 0.3) is 0 Å². The van der Waals surface area contributed by atoms with Crippen molar-refractivity contribution in [1.82, 2.24) is 15.2 Å². The average Bonchev–Trinajstić information content (AvgIpc) is 2.86. The van der Waals surface area contributed by atoms with E-state index in [4.69, 9.17) is 5.73 Å². The molecule has 0 aliphatic carbocycles. The van der Waals surface area contributed by atoms with Gasteiger partial charge < -0.3 is 15.4 Å². The van der Waals surface area contributed by atoms with Crippen molar-refractivity contribution in [1.29, 1.82) is 0 Å². The second-order valence-corrected chi connectivity index (χ2v) is 5.38. The Balaban J connectivity index is 1.79. The highest BCUT2D eigenvalue weighted by Gasteiger charge is 2.27. The zero-order valence-electron chi connectivity index (χ0n) is 11.9. The molecule has 2 rings (SSSR count). The lowest BCUT2D eigenvalue weighted by Gasteiger charge is -2.34. The number of nitrogens with zero attached hydrogens (tertiary/aromatic N) is 3. The van der Waals surface area contributed by atoms with Gasteiger partial charge in [-0.05, 0) is 12.3 Å². The van der Waals surface area contributed by atoms with Crippen molar-refractivity contribution in [3.63, 3.8) is 0 Å². The molecule has 21 heavy (non-hydrogen) atoms. The number of piperidine rings is 1. The Bertz CT molecular complexity index is 450.